The fourth-order valence-electron chi connectivity index (χ4n) is 3.94. The van der Waals surface area contributed by atoms with Crippen LogP contribution in [0.2, 0.25) is 0 Å². The lowest BCUT2D eigenvalue weighted by atomic mass is 9.77. The molecule has 1 aromatic rings. The molecule has 3 rings (SSSR count). The van der Waals surface area contributed by atoms with Gasteiger partial charge in [-0.05, 0) is 18.9 Å². The number of rotatable bonds is 4. The quantitative estimate of drug-likeness (QED) is 0.912. The number of ether oxygens (including phenoxy) is 1. The maximum Gasteiger partial charge on any atom is 0.122 e. The van der Waals surface area contributed by atoms with Gasteiger partial charge >= 0.3 is 0 Å². The minimum Gasteiger partial charge on any atom is -0.496 e. The van der Waals surface area contributed by atoms with Crippen molar-refractivity contribution >= 4 is 0 Å². The van der Waals surface area contributed by atoms with Crippen LogP contribution in [-0.4, -0.2) is 44.7 Å². The fourth-order valence-corrected chi connectivity index (χ4v) is 3.94. The summed E-state index contributed by atoms with van der Waals surface area (Å²) in [6, 6.07) is 8.64. The molecule has 1 N–H and O–H groups in total. The first-order valence-corrected chi connectivity index (χ1v) is 7.91. The lowest BCUT2D eigenvalue weighted by Crippen LogP contribution is -2.48. The van der Waals surface area contributed by atoms with Gasteiger partial charge in [0.1, 0.15) is 5.75 Å². The second-order valence-corrected chi connectivity index (χ2v) is 6.21. The number of piperazine rings is 1. The molecule has 1 aliphatic heterocycles. The molecule has 3 heteroatoms. The molecule has 0 aromatic heterocycles. The third-order valence-electron chi connectivity index (χ3n) is 4.97. The maximum atomic E-state index is 5.64. The van der Waals surface area contributed by atoms with Crippen molar-refractivity contribution in [1.29, 1.82) is 0 Å². The number of methoxy groups -OCH3 is 1. The first kappa shape index (κ1) is 13.9. The van der Waals surface area contributed by atoms with Crippen LogP contribution < -0.4 is 10.1 Å². The summed E-state index contributed by atoms with van der Waals surface area (Å²) in [6.07, 6.45) is 5.31. The minimum absolute atomic E-state index is 0.309. The third kappa shape index (κ3) is 2.70. The molecule has 0 bridgehead atoms. The topological polar surface area (TPSA) is 24.5 Å². The van der Waals surface area contributed by atoms with E-state index in [0.717, 1.165) is 18.8 Å². The van der Waals surface area contributed by atoms with Gasteiger partial charge in [-0.15, -0.1) is 0 Å². The second kappa shape index (κ2) is 6.15. The monoisotopic (exact) mass is 274 g/mol. The Morgan fingerprint density at radius 2 is 1.85 bits per heavy atom. The molecule has 0 spiro atoms. The predicted octanol–water partition coefficient (Wildman–Crippen LogP) is 2.41. The molecule has 1 aromatic carbocycles. The van der Waals surface area contributed by atoms with Crippen molar-refractivity contribution in [3.05, 3.63) is 29.8 Å². The van der Waals surface area contributed by atoms with Crippen LogP contribution in [0.25, 0.3) is 0 Å². The van der Waals surface area contributed by atoms with Gasteiger partial charge in [0.2, 0.25) is 0 Å². The number of nitrogens with zero attached hydrogens (tertiary/aromatic N) is 1. The van der Waals surface area contributed by atoms with E-state index in [1.165, 1.54) is 50.9 Å². The van der Waals surface area contributed by atoms with Crippen molar-refractivity contribution < 1.29 is 4.74 Å². The van der Waals surface area contributed by atoms with E-state index in [0.29, 0.717) is 5.41 Å². The van der Waals surface area contributed by atoms with Gasteiger partial charge in [0.15, 0.2) is 0 Å². The van der Waals surface area contributed by atoms with Crippen LogP contribution >= 0.6 is 0 Å². The van der Waals surface area contributed by atoms with Gasteiger partial charge in [0, 0.05) is 43.7 Å². The van der Waals surface area contributed by atoms with Crippen molar-refractivity contribution in [1.82, 2.24) is 10.2 Å². The van der Waals surface area contributed by atoms with Crippen LogP contribution in [0.4, 0.5) is 0 Å². The van der Waals surface area contributed by atoms with Gasteiger partial charge in [-0.2, -0.15) is 0 Å². The number of benzene rings is 1. The zero-order valence-electron chi connectivity index (χ0n) is 12.5. The van der Waals surface area contributed by atoms with E-state index < -0.39 is 0 Å². The van der Waals surface area contributed by atoms with Crippen molar-refractivity contribution in [2.75, 3.05) is 39.8 Å². The standard InChI is InChI=1S/C17H26N2O/c1-20-16-7-3-2-6-15(16)17(8-4-5-9-17)14-19-12-10-18-11-13-19/h2-3,6-7,18H,4-5,8-14H2,1H3. The van der Waals surface area contributed by atoms with Crippen molar-refractivity contribution in [2.45, 2.75) is 31.1 Å². The Morgan fingerprint density at radius 1 is 1.15 bits per heavy atom. The van der Waals surface area contributed by atoms with Crippen LogP contribution in [0, 0.1) is 0 Å². The first-order valence-electron chi connectivity index (χ1n) is 7.91. The highest BCUT2D eigenvalue weighted by Crippen LogP contribution is 2.45. The second-order valence-electron chi connectivity index (χ2n) is 6.21. The van der Waals surface area contributed by atoms with E-state index in [1.807, 2.05) is 0 Å². The maximum absolute atomic E-state index is 5.64. The molecule has 110 valence electrons. The largest absolute Gasteiger partial charge is 0.496 e. The Morgan fingerprint density at radius 3 is 2.55 bits per heavy atom. The summed E-state index contributed by atoms with van der Waals surface area (Å²) in [5.74, 6) is 1.07. The van der Waals surface area contributed by atoms with E-state index in [2.05, 4.69) is 34.5 Å². The Kier molecular flexibility index (Phi) is 4.27. The van der Waals surface area contributed by atoms with Crippen molar-refractivity contribution in [3.63, 3.8) is 0 Å². The zero-order valence-corrected chi connectivity index (χ0v) is 12.5. The number of hydrogen-bond donors (Lipinski definition) is 1. The number of hydrogen-bond acceptors (Lipinski definition) is 3. The van der Waals surface area contributed by atoms with Gasteiger partial charge in [-0.1, -0.05) is 31.0 Å². The van der Waals surface area contributed by atoms with E-state index >= 15 is 0 Å². The molecule has 0 unspecified atom stereocenters. The molecule has 3 nitrogen and oxygen atoms in total. The molecule has 20 heavy (non-hydrogen) atoms. The van der Waals surface area contributed by atoms with Gasteiger partial charge in [0.25, 0.3) is 0 Å². The van der Waals surface area contributed by atoms with Gasteiger partial charge in [-0.3, -0.25) is 4.90 Å². The normalized spacial score (nSPS) is 22.9. The highest BCUT2D eigenvalue weighted by Gasteiger charge is 2.39. The summed E-state index contributed by atoms with van der Waals surface area (Å²) in [4.78, 5) is 2.63. The Hall–Kier alpha value is -1.06. The average molecular weight is 274 g/mol. The summed E-state index contributed by atoms with van der Waals surface area (Å²) < 4.78 is 5.64. The Balaban J connectivity index is 1.86. The van der Waals surface area contributed by atoms with E-state index in [1.54, 1.807) is 7.11 Å². The average Bonchev–Trinajstić information content (AvgIpc) is 2.98. The van der Waals surface area contributed by atoms with E-state index in [4.69, 9.17) is 4.74 Å². The molecule has 1 heterocycles. The number of nitrogens with one attached hydrogen (secondary N) is 1. The van der Waals surface area contributed by atoms with Gasteiger partial charge in [0.05, 0.1) is 7.11 Å². The Labute approximate surface area is 122 Å². The lowest BCUT2D eigenvalue weighted by molar-refractivity contribution is 0.183. The molecule has 1 saturated carbocycles. The van der Waals surface area contributed by atoms with Crippen LogP contribution in [0.15, 0.2) is 24.3 Å². The summed E-state index contributed by atoms with van der Waals surface area (Å²) in [5.41, 5.74) is 1.74. The molecule has 2 aliphatic rings. The van der Waals surface area contributed by atoms with E-state index in [-0.39, 0.29) is 0 Å². The number of para-hydroxylation sites is 1. The van der Waals surface area contributed by atoms with Gasteiger partial charge in [-0.25, -0.2) is 0 Å². The van der Waals surface area contributed by atoms with Crippen molar-refractivity contribution in [2.24, 2.45) is 0 Å². The van der Waals surface area contributed by atoms with Crippen LogP contribution in [-0.2, 0) is 5.41 Å². The SMILES string of the molecule is COc1ccccc1C1(CN2CCNCC2)CCCC1. The van der Waals surface area contributed by atoms with E-state index in [9.17, 15) is 0 Å². The molecule has 0 radical (unpaired) electrons. The van der Waals surface area contributed by atoms with Crippen LogP contribution in [0.5, 0.6) is 5.75 Å². The summed E-state index contributed by atoms with van der Waals surface area (Å²) in [5, 5.41) is 3.45. The van der Waals surface area contributed by atoms with Crippen LogP contribution in [0.3, 0.4) is 0 Å². The Bertz CT molecular complexity index is 434. The molecular weight excluding hydrogens is 248 g/mol. The predicted molar refractivity (Wildman–Crippen MR) is 82.4 cm³/mol. The molecule has 2 fully saturated rings. The minimum atomic E-state index is 0.309. The zero-order chi connectivity index (χ0) is 13.8. The molecule has 1 aliphatic carbocycles. The molecule has 0 amide bonds. The molecule has 1 saturated heterocycles. The lowest BCUT2D eigenvalue weighted by Gasteiger charge is -2.38. The summed E-state index contributed by atoms with van der Waals surface area (Å²) in [6.45, 7) is 5.80. The molecular formula is C17H26N2O. The smallest absolute Gasteiger partial charge is 0.122 e. The van der Waals surface area contributed by atoms with Gasteiger partial charge < -0.3 is 10.1 Å². The third-order valence-corrected chi connectivity index (χ3v) is 4.97. The molecule has 0 atom stereocenters. The highest BCUT2D eigenvalue weighted by atomic mass is 16.5. The highest BCUT2D eigenvalue weighted by molar-refractivity contribution is 5.40. The first-order chi connectivity index (χ1) is 9.84. The van der Waals surface area contributed by atoms with Crippen molar-refractivity contribution in [3.8, 4) is 5.75 Å². The summed E-state index contributed by atoms with van der Waals surface area (Å²) in [7, 11) is 1.80. The summed E-state index contributed by atoms with van der Waals surface area (Å²) >= 11 is 0. The van der Waals surface area contributed by atoms with Crippen LogP contribution in [0.1, 0.15) is 31.2 Å². The fraction of sp³-hybridized carbons (Fsp3) is 0.647.